The summed E-state index contributed by atoms with van der Waals surface area (Å²) in [7, 11) is 0. The topological polar surface area (TPSA) is 48.4 Å². The maximum Gasteiger partial charge on any atom is 0.198 e. The second-order valence-corrected chi connectivity index (χ2v) is 5.90. The highest BCUT2D eigenvalue weighted by Crippen LogP contribution is 2.30. The van der Waals surface area contributed by atoms with Crippen molar-refractivity contribution in [1.82, 2.24) is 4.98 Å². The lowest BCUT2D eigenvalue weighted by atomic mass is 10.0. The highest BCUT2D eigenvalue weighted by molar-refractivity contribution is 6.31. The summed E-state index contributed by atoms with van der Waals surface area (Å²) in [5.74, 6) is 0.109. The molecule has 0 radical (unpaired) electrons. The number of benzene rings is 2. The number of nitrogens with zero attached hydrogens (tertiary/aromatic N) is 1. The molecule has 0 saturated heterocycles. The fraction of sp³-hybridized carbons (Fsp3) is 0.211. The molecule has 0 aliphatic carbocycles. The van der Waals surface area contributed by atoms with E-state index in [1.54, 1.807) is 12.3 Å². The van der Waals surface area contributed by atoms with Crippen LogP contribution in [0.1, 0.15) is 30.5 Å². The van der Waals surface area contributed by atoms with Crippen LogP contribution in [0.25, 0.3) is 10.9 Å². The van der Waals surface area contributed by atoms with Gasteiger partial charge >= 0.3 is 0 Å². The van der Waals surface area contributed by atoms with E-state index < -0.39 is 0 Å². The Bertz CT molecular complexity index is 858. The number of fused-ring (bicyclic) bond motifs is 1. The van der Waals surface area contributed by atoms with Gasteiger partial charge < -0.3 is 10.1 Å². The fourth-order valence-corrected chi connectivity index (χ4v) is 2.99. The summed E-state index contributed by atoms with van der Waals surface area (Å²) in [6.07, 6.45) is 3.59. The summed E-state index contributed by atoms with van der Waals surface area (Å²) < 4.78 is 0. The smallest absolute Gasteiger partial charge is 0.198 e. The summed E-state index contributed by atoms with van der Waals surface area (Å²) in [5.41, 5.74) is 4.91. The van der Waals surface area contributed by atoms with Crippen molar-refractivity contribution in [3.05, 3.63) is 58.1 Å². The molecule has 0 unspecified atom stereocenters. The van der Waals surface area contributed by atoms with E-state index in [0.717, 1.165) is 29.4 Å². The maximum atomic E-state index is 10.2. The standard InChI is InChI=1S/C19H19ClN2O/c1-3-12-6-5-7-13(4-2)18(12)21-11-16-15-9-8-14(20)10-17(15)22-19(16)23/h5-11,22-23H,3-4H2,1-2H3. The Morgan fingerprint density at radius 1 is 1.13 bits per heavy atom. The van der Waals surface area contributed by atoms with Gasteiger partial charge in [0.15, 0.2) is 5.88 Å². The Morgan fingerprint density at radius 3 is 2.48 bits per heavy atom. The molecule has 23 heavy (non-hydrogen) atoms. The predicted molar refractivity (Wildman–Crippen MR) is 97.4 cm³/mol. The number of hydrogen-bond acceptors (Lipinski definition) is 2. The van der Waals surface area contributed by atoms with E-state index in [-0.39, 0.29) is 5.88 Å². The quantitative estimate of drug-likeness (QED) is 0.619. The first-order chi connectivity index (χ1) is 11.1. The Labute approximate surface area is 140 Å². The Balaban J connectivity index is 2.09. The zero-order valence-corrected chi connectivity index (χ0v) is 14.0. The Morgan fingerprint density at radius 2 is 1.83 bits per heavy atom. The lowest BCUT2D eigenvalue weighted by Crippen LogP contribution is -1.89. The number of aliphatic imine (C=N–C) groups is 1. The van der Waals surface area contributed by atoms with Crippen LogP contribution >= 0.6 is 11.6 Å². The molecule has 1 heterocycles. The number of aryl methyl sites for hydroxylation is 2. The molecule has 1 aromatic heterocycles. The number of halogens is 1. The molecule has 0 fully saturated rings. The van der Waals surface area contributed by atoms with Gasteiger partial charge in [-0.15, -0.1) is 0 Å². The average Bonchev–Trinajstić information content (AvgIpc) is 2.86. The van der Waals surface area contributed by atoms with Gasteiger partial charge in [0.2, 0.25) is 0 Å². The summed E-state index contributed by atoms with van der Waals surface area (Å²) >= 11 is 6.00. The molecular weight excluding hydrogens is 308 g/mol. The van der Waals surface area contributed by atoms with Crippen molar-refractivity contribution in [3.63, 3.8) is 0 Å². The minimum atomic E-state index is 0.109. The molecule has 0 saturated carbocycles. The number of hydrogen-bond donors (Lipinski definition) is 2. The van der Waals surface area contributed by atoms with Crippen LogP contribution in [0, 0.1) is 0 Å². The first kappa shape index (κ1) is 15.6. The van der Waals surface area contributed by atoms with Crippen molar-refractivity contribution in [1.29, 1.82) is 0 Å². The van der Waals surface area contributed by atoms with E-state index in [1.165, 1.54) is 11.1 Å². The molecule has 3 rings (SSSR count). The van der Waals surface area contributed by atoms with Gasteiger partial charge in [-0.1, -0.05) is 49.7 Å². The van der Waals surface area contributed by atoms with Crippen LogP contribution in [0.2, 0.25) is 5.02 Å². The number of H-pyrrole nitrogens is 1. The molecule has 4 heteroatoms. The van der Waals surface area contributed by atoms with Crippen molar-refractivity contribution in [3.8, 4) is 5.88 Å². The van der Waals surface area contributed by atoms with Crippen molar-refractivity contribution < 1.29 is 5.11 Å². The van der Waals surface area contributed by atoms with Crippen LogP contribution in [0.4, 0.5) is 5.69 Å². The average molecular weight is 327 g/mol. The van der Waals surface area contributed by atoms with Crippen LogP contribution in [-0.4, -0.2) is 16.3 Å². The van der Waals surface area contributed by atoms with Crippen LogP contribution in [0.5, 0.6) is 5.88 Å². The highest BCUT2D eigenvalue weighted by atomic mass is 35.5. The minimum Gasteiger partial charge on any atom is -0.494 e. The van der Waals surface area contributed by atoms with Crippen LogP contribution in [-0.2, 0) is 12.8 Å². The SMILES string of the molecule is CCc1cccc(CC)c1N=Cc1c(O)[nH]c2cc(Cl)ccc12. The second-order valence-electron chi connectivity index (χ2n) is 5.47. The Kier molecular flexibility index (Phi) is 4.39. The molecule has 0 aliphatic heterocycles. The molecule has 3 aromatic rings. The van der Waals surface area contributed by atoms with Gasteiger partial charge in [-0.05, 0) is 36.1 Å². The normalized spacial score (nSPS) is 11.6. The third-order valence-corrected chi connectivity index (χ3v) is 4.30. The van der Waals surface area contributed by atoms with Crippen LogP contribution in [0.3, 0.4) is 0 Å². The molecule has 0 aliphatic rings. The third kappa shape index (κ3) is 2.97. The number of para-hydroxylation sites is 1. The summed E-state index contributed by atoms with van der Waals surface area (Å²) in [5, 5.41) is 11.7. The zero-order valence-electron chi connectivity index (χ0n) is 13.2. The van der Waals surface area contributed by atoms with E-state index in [4.69, 9.17) is 11.6 Å². The van der Waals surface area contributed by atoms with Crippen molar-refractivity contribution in [2.24, 2.45) is 4.99 Å². The predicted octanol–water partition coefficient (Wildman–Crippen LogP) is 5.40. The highest BCUT2D eigenvalue weighted by Gasteiger charge is 2.10. The third-order valence-electron chi connectivity index (χ3n) is 4.07. The van der Waals surface area contributed by atoms with Gasteiger partial charge in [-0.3, -0.25) is 4.99 Å². The van der Waals surface area contributed by atoms with Gasteiger partial charge in [0.1, 0.15) is 0 Å². The van der Waals surface area contributed by atoms with Gasteiger partial charge in [0.05, 0.1) is 16.8 Å². The first-order valence-corrected chi connectivity index (χ1v) is 8.16. The maximum absolute atomic E-state index is 10.2. The van der Waals surface area contributed by atoms with E-state index in [9.17, 15) is 5.11 Å². The molecule has 118 valence electrons. The van der Waals surface area contributed by atoms with E-state index in [1.807, 2.05) is 12.1 Å². The lowest BCUT2D eigenvalue weighted by molar-refractivity contribution is 0.457. The summed E-state index contributed by atoms with van der Waals surface area (Å²) in [6, 6.07) is 11.8. The lowest BCUT2D eigenvalue weighted by Gasteiger charge is -2.08. The van der Waals surface area contributed by atoms with E-state index in [2.05, 4.69) is 42.0 Å². The van der Waals surface area contributed by atoms with E-state index >= 15 is 0 Å². The van der Waals surface area contributed by atoms with Crippen LogP contribution in [0.15, 0.2) is 41.4 Å². The Hall–Kier alpha value is -2.26. The number of aromatic hydroxyl groups is 1. The van der Waals surface area contributed by atoms with Gasteiger partial charge in [-0.2, -0.15) is 0 Å². The van der Waals surface area contributed by atoms with Gasteiger partial charge in [0, 0.05) is 16.6 Å². The molecule has 2 aromatic carbocycles. The van der Waals surface area contributed by atoms with E-state index in [0.29, 0.717) is 10.6 Å². The van der Waals surface area contributed by atoms with Gasteiger partial charge in [0.25, 0.3) is 0 Å². The van der Waals surface area contributed by atoms with Crippen LogP contribution < -0.4 is 0 Å². The van der Waals surface area contributed by atoms with Gasteiger partial charge in [-0.25, -0.2) is 0 Å². The molecular formula is C19H19ClN2O. The van der Waals surface area contributed by atoms with Crippen molar-refractivity contribution in [2.75, 3.05) is 0 Å². The molecule has 0 amide bonds. The molecule has 0 atom stereocenters. The second kappa shape index (κ2) is 6.47. The number of aromatic amines is 1. The van der Waals surface area contributed by atoms with Crippen molar-refractivity contribution in [2.45, 2.75) is 26.7 Å². The number of nitrogens with one attached hydrogen (secondary N) is 1. The summed E-state index contributed by atoms with van der Waals surface area (Å²) in [6.45, 7) is 4.25. The number of rotatable bonds is 4. The fourth-order valence-electron chi connectivity index (χ4n) is 2.82. The molecule has 3 nitrogen and oxygen atoms in total. The van der Waals surface area contributed by atoms with Crippen molar-refractivity contribution >= 4 is 34.4 Å². The summed E-state index contributed by atoms with van der Waals surface area (Å²) in [4.78, 5) is 7.63. The molecule has 0 bridgehead atoms. The molecule has 0 spiro atoms. The minimum absolute atomic E-state index is 0.109. The molecule has 2 N–H and O–H groups in total. The zero-order chi connectivity index (χ0) is 16.4. The monoisotopic (exact) mass is 326 g/mol. The number of aromatic nitrogens is 1. The first-order valence-electron chi connectivity index (χ1n) is 7.79. The largest absolute Gasteiger partial charge is 0.494 e.